The van der Waals surface area contributed by atoms with Crippen molar-refractivity contribution >= 4 is 27.5 Å². The summed E-state index contributed by atoms with van der Waals surface area (Å²) in [5.41, 5.74) is 1.71. The highest BCUT2D eigenvalue weighted by molar-refractivity contribution is 9.10. The Labute approximate surface area is 95.0 Å². The number of aryl methyl sites for hydroxylation is 1. The summed E-state index contributed by atoms with van der Waals surface area (Å²) < 4.78 is 6.06. The Hall–Kier alpha value is -0.800. The molecule has 1 aromatic heterocycles. The van der Waals surface area contributed by atoms with Gasteiger partial charge in [0.15, 0.2) is 4.67 Å². The topological polar surface area (TPSA) is 26.0 Å². The summed E-state index contributed by atoms with van der Waals surface area (Å²) >= 11 is 9.13. The van der Waals surface area contributed by atoms with Crippen LogP contribution in [-0.4, -0.2) is 4.98 Å². The van der Waals surface area contributed by atoms with E-state index in [0.717, 1.165) is 11.3 Å². The Bertz CT molecular complexity index is 447. The number of benzene rings is 1. The van der Waals surface area contributed by atoms with Gasteiger partial charge in [-0.05, 0) is 41.1 Å². The normalized spacial score (nSPS) is 10.5. The van der Waals surface area contributed by atoms with Crippen LogP contribution in [0, 0.1) is 6.92 Å². The third kappa shape index (κ3) is 1.83. The van der Waals surface area contributed by atoms with E-state index in [0.29, 0.717) is 15.6 Å². The number of rotatable bonds is 1. The van der Waals surface area contributed by atoms with Gasteiger partial charge in [-0.1, -0.05) is 17.7 Å². The summed E-state index contributed by atoms with van der Waals surface area (Å²) in [6.07, 6.45) is 0. The van der Waals surface area contributed by atoms with Crippen molar-refractivity contribution in [3.8, 4) is 11.5 Å². The van der Waals surface area contributed by atoms with Gasteiger partial charge in [0, 0.05) is 10.6 Å². The first-order valence-electron chi connectivity index (χ1n) is 4.05. The molecule has 0 amide bonds. The molecule has 1 aromatic carbocycles. The average molecular weight is 273 g/mol. The third-order valence-corrected chi connectivity index (χ3v) is 2.78. The second-order valence-electron chi connectivity index (χ2n) is 2.89. The lowest BCUT2D eigenvalue weighted by Gasteiger charge is -1.94. The van der Waals surface area contributed by atoms with E-state index in [2.05, 4.69) is 20.9 Å². The summed E-state index contributed by atoms with van der Waals surface area (Å²) in [6.45, 7) is 1.88. The molecule has 2 rings (SSSR count). The fourth-order valence-electron chi connectivity index (χ4n) is 1.12. The lowest BCUT2D eigenvalue weighted by atomic mass is 10.2. The number of aromatic nitrogens is 1. The van der Waals surface area contributed by atoms with Gasteiger partial charge in [-0.3, -0.25) is 0 Å². The summed E-state index contributed by atoms with van der Waals surface area (Å²) in [4.78, 5) is 4.25. The largest absolute Gasteiger partial charge is 0.429 e. The lowest BCUT2D eigenvalue weighted by molar-refractivity contribution is 0.548. The molecule has 0 radical (unpaired) electrons. The van der Waals surface area contributed by atoms with Crippen LogP contribution in [0.4, 0.5) is 0 Å². The van der Waals surface area contributed by atoms with E-state index in [9.17, 15) is 0 Å². The quantitative estimate of drug-likeness (QED) is 0.782. The summed E-state index contributed by atoms with van der Waals surface area (Å²) in [5, 5.41) is 0.675. The highest BCUT2D eigenvalue weighted by Gasteiger charge is 2.08. The van der Waals surface area contributed by atoms with Gasteiger partial charge in [0.05, 0.1) is 5.69 Å². The van der Waals surface area contributed by atoms with Gasteiger partial charge in [0.25, 0.3) is 0 Å². The molecule has 72 valence electrons. The molecule has 4 heteroatoms. The van der Waals surface area contributed by atoms with E-state index in [-0.39, 0.29) is 0 Å². The molecule has 0 spiro atoms. The molecule has 2 aromatic rings. The van der Waals surface area contributed by atoms with E-state index in [4.69, 9.17) is 16.0 Å². The predicted octanol–water partition coefficient (Wildman–Crippen LogP) is 4.07. The van der Waals surface area contributed by atoms with Crippen LogP contribution in [0.25, 0.3) is 11.5 Å². The van der Waals surface area contributed by atoms with Crippen molar-refractivity contribution in [2.45, 2.75) is 6.92 Å². The van der Waals surface area contributed by atoms with Crippen molar-refractivity contribution in [3.05, 3.63) is 39.7 Å². The number of nitrogens with zero attached hydrogens (tertiary/aromatic N) is 1. The molecule has 0 aliphatic rings. The maximum Gasteiger partial charge on any atom is 0.227 e. The molecular formula is C10H7BrClNO. The van der Waals surface area contributed by atoms with Crippen LogP contribution < -0.4 is 0 Å². The number of halogens is 2. The van der Waals surface area contributed by atoms with E-state index in [1.165, 1.54) is 0 Å². The van der Waals surface area contributed by atoms with Crippen molar-refractivity contribution in [1.29, 1.82) is 0 Å². The first-order chi connectivity index (χ1) is 6.66. The van der Waals surface area contributed by atoms with Crippen molar-refractivity contribution in [3.63, 3.8) is 0 Å². The van der Waals surface area contributed by atoms with Gasteiger partial charge < -0.3 is 4.42 Å². The SMILES string of the molecule is Cc1nc(-c2cccc(Cl)c2)oc1Br. The number of oxazole rings is 1. The zero-order valence-electron chi connectivity index (χ0n) is 7.42. The zero-order valence-corrected chi connectivity index (χ0v) is 9.76. The van der Waals surface area contributed by atoms with Crippen LogP contribution in [0.3, 0.4) is 0 Å². The Kier molecular flexibility index (Phi) is 2.61. The van der Waals surface area contributed by atoms with Gasteiger partial charge in [-0.25, -0.2) is 4.98 Å². The molecule has 0 unspecified atom stereocenters. The van der Waals surface area contributed by atoms with E-state index in [1.54, 1.807) is 0 Å². The molecule has 0 N–H and O–H groups in total. The Morgan fingerprint density at radius 3 is 2.79 bits per heavy atom. The summed E-state index contributed by atoms with van der Waals surface area (Å²) in [5.74, 6) is 0.580. The highest BCUT2D eigenvalue weighted by atomic mass is 79.9. The van der Waals surface area contributed by atoms with E-state index in [1.807, 2.05) is 31.2 Å². The predicted molar refractivity (Wildman–Crippen MR) is 59.4 cm³/mol. The smallest absolute Gasteiger partial charge is 0.227 e. The van der Waals surface area contributed by atoms with Gasteiger partial charge in [-0.2, -0.15) is 0 Å². The molecular weight excluding hydrogens is 265 g/mol. The van der Waals surface area contributed by atoms with Crippen LogP contribution >= 0.6 is 27.5 Å². The molecule has 2 nitrogen and oxygen atoms in total. The maximum absolute atomic E-state index is 5.86. The Balaban J connectivity index is 2.49. The minimum absolute atomic E-state index is 0.580. The van der Waals surface area contributed by atoms with Gasteiger partial charge >= 0.3 is 0 Å². The monoisotopic (exact) mass is 271 g/mol. The van der Waals surface area contributed by atoms with Crippen molar-refractivity contribution in [2.75, 3.05) is 0 Å². The number of hydrogen-bond donors (Lipinski definition) is 0. The Morgan fingerprint density at radius 1 is 1.43 bits per heavy atom. The molecule has 0 saturated heterocycles. The standard InChI is InChI=1S/C10H7BrClNO/c1-6-9(11)14-10(13-6)7-3-2-4-8(12)5-7/h2-5H,1H3. The molecule has 1 heterocycles. The molecule has 0 fully saturated rings. The molecule has 14 heavy (non-hydrogen) atoms. The van der Waals surface area contributed by atoms with Crippen molar-refractivity contribution in [1.82, 2.24) is 4.98 Å². The molecule has 0 aliphatic carbocycles. The maximum atomic E-state index is 5.86. The zero-order chi connectivity index (χ0) is 10.1. The van der Waals surface area contributed by atoms with Crippen LogP contribution in [-0.2, 0) is 0 Å². The molecule has 0 bridgehead atoms. The van der Waals surface area contributed by atoms with E-state index >= 15 is 0 Å². The number of hydrogen-bond acceptors (Lipinski definition) is 2. The van der Waals surface area contributed by atoms with Crippen LogP contribution in [0.15, 0.2) is 33.4 Å². The molecule has 0 saturated carbocycles. The minimum atomic E-state index is 0.580. The third-order valence-electron chi connectivity index (χ3n) is 1.81. The average Bonchev–Trinajstić information content (AvgIpc) is 2.47. The first kappa shape index (κ1) is 9.74. The summed E-state index contributed by atoms with van der Waals surface area (Å²) in [6, 6.07) is 7.41. The van der Waals surface area contributed by atoms with Crippen LogP contribution in [0.1, 0.15) is 5.69 Å². The van der Waals surface area contributed by atoms with Gasteiger partial charge in [0.1, 0.15) is 0 Å². The summed E-state index contributed by atoms with van der Waals surface area (Å²) in [7, 11) is 0. The fourth-order valence-corrected chi connectivity index (χ4v) is 1.56. The van der Waals surface area contributed by atoms with E-state index < -0.39 is 0 Å². The van der Waals surface area contributed by atoms with Crippen molar-refractivity contribution in [2.24, 2.45) is 0 Å². The lowest BCUT2D eigenvalue weighted by Crippen LogP contribution is -1.77. The van der Waals surface area contributed by atoms with Crippen LogP contribution in [0.5, 0.6) is 0 Å². The fraction of sp³-hybridized carbons (Fsp3) is 0.100. The second-order valence-corrected chi connectivity index (χ2v) is 4.05. The van der Waals surface area contributed by atoms with Gasteiger partial charge in [-0.15, -0.1) is 0 Å². The van der Waals surface area contributed by atoms with Crippen LogP contribution in [0.2, 0.25) is 5.02 Å². The van der Waals surface area contributed by atoms with Gasteiger partial charge in [0.2, 0.25) is 5.89 Å². The molecule has 0 atom stereocenters. The Morgan fingerprint density at radius 2 is 2.21 bits per heavy atom. The first-order valence-corrected chi connectivity index (χ1v) is 5.23. The highest BCUT2D eigenvalue weighted by Crippen LogP contribution is 2.26. The minimum Gasteiger partial charge on any atom is -0.429 e. The molecule has 0 aliphatic heterocycles. The second kappa shape index (κ2) is 3.75. The van der Waals surface area contributed by atoms with Crippen molar-refractivity contribution < 1.29 is 4.42 Å².